The first-order valence-electron chi connectivity index (χ1n) is 5.71. The number of benzene rings is 2. The second-order valence-electron chi connectivity index (χ2n) is 4.23. The van der Waals surface area contributed by atoms with E-state index < -0.39 is 0 Å². The quantitative estimate of drug-likeness (QED) is 0.747. The minimum atomic E-state index is 0.876. The fourth-order valence-electron chi connectivity index (χ4n) is 1.72. The number of ether oxygens (including phenoxy) is 1. The van der Waals surface area contributed by atoms with Crippen molar-refractivity contribution in [3.63, 3.8) is 0 Å². The number of allylic oxidation sites excluding steroid dienone is 2. The van der Waals surface area contributed by atoms with Crippen molar-refractivity contribution in [2.45, 2.75) is 6.92 Å². The molecule has 2 aromatic rings. The lowest BCUT2D eigenvalue weighted by Crippen LogP contribution is -1.85. The van der Waals surface area contributed by atoms with Gasteiger partial charge in [-0.1, -0.05) is 35.9 Å². The second-order valence-corrected chi connectivity index (χ2v) is 4.23. The van der Waals surface area contributed by atoms with Gasteiger partial charge in [0, 0.05) is 6.42 Å². The lowest BCUT2D eigenvalue weighted by molar-refractivity contribution is 0.482. The van der Waals surface area contributed by atoms with Gasteiger partial charge in [-0.05, 0) is 42.3 Å². The van der Waals surface area contributed by atoms with Crippen LogP contribution in [-0.4, -0.2) is 0 Å². The van der Waals surface area contributed by atoms with Crippen LogP contribution in [0.15, 0.2) is 54.6 Å². The van der Waals surface area contributed by atoms with Gasteiger partial charge in [0.25, 0.3) is 0 Å². The van der Waals surface area contributed by atoms with Gasteiger partial charge in [0.2, 0.25) is 0 Å². The molecule has 0 bridgehead atoms. The van der Waals surface area contributed by atoms with Crippen LogP contribution in [0.2, 0.25) is 0 Å². The van der Waals surface area contributed by atoms with Gasteiger partial charge in [-0.2, -0.15) is 0 Å². The highest BCUT2D eigenvalue weighted by molar-refractivity contribution is 5.87. The molecule has 0 saturated carbocycles. The van der Waals surface area contributed by atoms with Gasteiger partial charge in [0.05, 0.1) is 0 Å². The smallest absolute Gasteiger partial charge is 0.128 e. The van der Waals surface area contributed by atoms with Gasteiger partial charge in [-0.15, -0.1) is 0 Å². The zero-order valence-electron chi connectivity index (χ0n) is 9.68. The van der Waals surface area contributed by atoms with Crippen LogP contribution in [0.25, 0.3) is 5.57 Å². The second kappa shape index (κ2) is 4.10. The van der Waals surface area contributed by atoms with E-state index >= 15 is 0 Å². The predicted molar refractivity (Wildman–Crippen MR) is 70.0 cm³/mol. The molecule has 3 rings (SSSR count). The molecule has 0 atom stereocenters. The summed E-state index contributed by atoms with van der Waals surface area (Å²) in [6, 6.07) is 16.2. The molecule has 0 amide bonds. The van der Waals surface area contributed by atoms with E-state index in [-0.39, 0.29) is 0 Å². The Bertz CT molecular complexity index is 564. The average Bonchev–Trinajstić information content (AvgIpc) is 3.17. The fraction of sp³-hybridized carbons (Fsp3) is 0.0625. The molecule has 0 N–H and O–H groups in total. The van der Waals surface area contributed by atoms with Crippen LogP contribution in [0, 0.1) is 13.3 Å². The summed E-state index contributed by atoms with van der Waals surface area (Å²) in [5, 5.41) is 0. The maximum Gasteiger partial charge on any atom is 0.128 e. The van der Waals surface area contributed by atoms with E-state index in [9.17, 15) is 0 Å². The Morgan fingerprint density at radius 1 is 0.882 bits per heavy atom. The molecule has 0 fully saturated rings. The topological polar surface area (TPSA) is 9.23 Å². The summed E-state index contributed by atoms with van der Waals surface area (Å²) in [6.07, 6.45) is 4.20. The fourth-order valence-corrected chi connectivity index (χ4v) is 1.72. The minimum Gasteiger partial charge on any atom is -0.457 e. The Hall–Kier alpha value is -2.02. The summed E-state index contributed by atoms with van der Waals surface area (Å²) < 4.78 is 5.81. The summed E-state index contributed by atoms with van der Waals surface area (Å²) >= 11 is 0. The zero-order chi connectivity index (χ0) is 11.7. The Labute approximate surface area is 101 Å². The van der Waals surface area contributed by atoms with Crippen LogP contribution in [0.5, 0.6) is 11.5 Å². The first-order valence-corrected chi connectivity index (χ1v) is 5.71. The molecule has 1 radical (unpaired) electrons. The third kappa shape index (κ3) is 2.39. The predicted octanol–water partition coefficient (Wildman–Crippen LogP) is 4.39. The van der Waals surface area contributed by atoms with Gasteiger partial charge in [0.15, 0.2) is 0 Å². The largest absolute Gasteiger partial charge is 0.457 e. The Morgan fingerprint density at radius 3 is 2.35 bits per heavy atom. The Morgan fingerprint density at radius 2 is 1.65 bits per heavy atom. The van der Waals surface area contributed by atoms with E-state index in [1.165, 1.54) is 16.7 Å². The Kier molecular flexibility index (Phi) is 2.45. The molecule has 1 nitrogen and oxygen atoms in total. The van der Waals surface area contributed by atoms with E-state index in [0.29, 0.717) is 0 Å². The molecular formula is C16H13O. The van der Waals surface area contributed by atoms with Crippen molar-refractivity contribution in [3.05, 3.63) is 72.2 Å². The van der Waals surface area contributed by atoms with Gasteiger partial charge >= 0.3 is 0 Å². The van der Waals surface area contributed by atoms with Crippen molar-refractivity contribution in [1.29, 1.82) is 0 Å². The first kappa shape index (κ1) is 10.2. The summed E-state index contributed by atoms with van der Waals surface area (Å²) in [4.78, 5) is 0. The van der Waals surface area contributed by atoms with Crippen molar-refractivity contribution < 1.29 is 4.74 Å². The van der Waals surface area contributed by atoms with Crippen LogP contribution in [0.1, 0.15) is 11.1 Å². The van der Waals surface area contributed by atoms with Crippen LogP contribution in [0.4, 0.5) is 0 Å². The normalized spacial score (nSPS) is 13.1. The standard InChI is InChI=1S/C16H13O/c1-12-5-9-15(10-6-12)17-16-4-2-3-14(11-16)13-7-8-13/h2-11H,1H3. The third-order valence-corrected chi connectivity index (χ3v) is 2.76. The molecule has 0 aromatic heterocycles. The monoisotopic (exact) mass is 221 g/mol. The van der Waals surface area contributed by atoms with Crippen LogP contribution >= 0.6 is 0 Å². The highest BCUT2D eigenvalue weighted by atomic mass is 16.5. The molecule has 2 aromatic carbocycles. The number of rotatable bonds is 3. The molecule has 0 spiro atoms. The molecule has 1 heteroatoms. The van der Waals surface area contributed by atoms with Crippen molar-refractivity contribution in [1.82, 2.24) is 0 Å². The molecule has 83 valence electrons. The Balaban J connectivity index is 1.82. The minimum absolute atomic E-state index is 0.876. The lowest BCUT2D eigenvalue weighted by Gasteiger charge is -2.06. The molecule has 1 aliphatic carbocycles. The van der Waals surface area contributed by atoms with Crippen LogP contribution in [0.3, 0.4) is 0 Å². The summed E-state index contributed by atoms with van der Waals surface area (Å²) in [5.74, 6) is 1.76. The maximum atomic E-state index is 5.81. The number of aryl methyl sites for hydroxylation is 1. The molecule has 17 heavy (non-hydrogen) atoms. The molecule has 0 unspecified atom stereocenters. The SMILES string of the molecule is Cc1ccc(Oc2cccc(C3=C[CH]3)c2)cc1. The van der Waals surface area contributed by atoms with E-state index in [1.807, 2.05) is 24.3 Å². The number of hydrogen-bond donors (Lipinski definition) is 0. The van der Waals surface area contributed by atoms with Gasteiger partial charge in [0.1, 0.15) is 11.5 Å². The zero-order valence-corrected chi connectivity index (χ0v) is 9.68. The van der Waals surface area contributed by atoms with Crippen molar-refractivity contribution >= 4 is 5.57 Å². The van der Waals surface area contributed by atoms with Gasteiger partial charge in [-0.25, -0.2) is 0 Å². The van der Waals surface area contributed by atoms with E-state index in [0.717, 1.165) is 11.5 Å². The number of hydrogen-bond acceptors (Lipinski definition) is 1. The third-order valence-electron chi connectivity index (χ3n) is 2.76. The summed E-state index contributed by atoms with van der Waals surface area (Å²) in [6.45, 7) is 2.07. The van der Waals surface area contributed by atoms with E-state index in [4.69, 9.17) is 4.74 Å². The molecule has 1 aliphatic rings. The molecule has 0 aliphatic heterocycles. The molecule has 0 saturated heterocycles. The molecule has 0 heterocycles. The summed E-state index contributed by atoms with van der Waals surface area (Å²) in [7, 11) is 0. The van der Waals surface area contributed by atoms with Crippen LogP contribution < -0.4 is 4.74 Å². The lowest BCUT2D eigenvalue weighted by atomic mass is 10.1. The van der Waals surface area contributed by atoms with Crippen LogP contribution in [-0.2, 0) is 0 Å². The maximum absolute atomic E-state index is 5.81. The van der Waals surface area contributed by atoms with Gasteiger partial charge < -0.3 is 4.74 Å². The van der Waals surface area contributed by atoms with E-state index in [1.54, 1.807) is 0 Å². The molecular weight excluding hydrogens is 208 g/mol. The highest BCUT2D eigenvalue weighted by Gasteiger charge is 2.11. The van der Waals surface area contributed by atoms with Crippen molar-refractivity contribution in [2.75, 3.05) is 0 Å². The average molecular weight is 221 g/mol. The highest BCUT2D eigenvalue weighted by Crippen LogP contribution is 2.32. The van der Waals surface area contributed by atoms with Crippen molar-refractivity contribution in [3.8, 4) is 11.5 Å². The van der Waals surface area contributed by atoms with E-state index in [2.05, 4.69) is 43.7 Å². The van der Waals surface area contributed by atoms with Crippen molar-refractivity contribution in [2.24, 2.45) is 0 Å². The van der Waals surface area contributed by atoms with Gasteiger partial charge in [-0.3, -0.25) is 0 Å². The summed E-state index contributed by atoms with van der Waals surface area (Å²) in [5.41, 5.74) is 3.75. The first-order chi connectivity index (χ1) is 8.31.